The van der Waals surface area contributed by atoms with Crippen LogP contribution in [-0.2, 0) is 9.47 Å². The third kappa shape index (κ3) is 2.69. The maximum atomic E-state index is 9.60. The van der Waals surface area contributed by atoms with Crippen molar-refractivity contribution in [2.45, 2.75) is 25.7 Å². The van der Waals surface area contributed by atoms with Crippen molar-refractivity contribution in [2.24, 2.45) is 0 Å². The molecule has 3 rings (SSSR count). The van der Waals surface area contributed by atoms with Gasteiger partial charge in [-0.05, 0) is 37.4 Å². The van der Waals surface area contributed by atoms with Gasteiger partial charge in [-0.1, -0.05) is 6.07 Å². The molecule has 20 heavy (non-hydrogen) atoms. The minimum absolute atomic E-state index is 0.000588. The Morgan fingerprint density at radius 2 is 2.25 bits per heavy atom. The minimum Gasteiger partial charge on any atom is -0.508 e. The molecule has 1 aromatic heterocycles. The summed E-state index contributed by atoms with van der Waals surface area (Å²) in [5.41, 5.74) is 0. The number of pyridine rings is 1. The van der Waals surface area contributed by atoms with E-state index in [2.05, 4.69) is 10.3 Å². The summed E-state index contributed by atoms with van der Waals surface area (Å²) in [4.78, 5) is 4.33. The number of ether oxygens (including phenoxy) is 2. The Morgan fingerprint density at radius 3 is 3.00 bits per heavy atom. The molecule has 1 unspecified atom stereocenters. The lowest BCUT2D eigenvalue weighted by molar-refractivity contribution is -0.136. The quantitative estimate of drug-likeness (QED) is 0.900. The van der Waals surface area contributed by atoms with Crippen LogP contribution in [0.1, 0.15) is 13.8 Å². The average molecular weight is 274 g/mol. The van der Waals surface area contributed by atoms with Gasteiger partial charge in [0.25, 0.3) is 0 Å². The Balaban J connectivity index is 1.76. The fraction of sp³-hybridized carbons (Fsp3) is 0.400. The molecule has 0 spiro atoms. The molecule has 1 atom stereocenters. The first kappa shape index (κ1) is 13.1. The second-order valence-corrected chi connectivity index (χ2v) is 5.40. The van der Waals surface area contributed by atoms with Gasteiger partial charge in [-0.25, -0.2) is 4.98 Å². The SMILES string of the molecule is CC1(C)OCC(CNc2nccc3ccc(O)cc23)O1. The molecular formula is C15H18N2O3. The Bertz CT molecular complexity index is 628. The first-order chi connectivity index (χ1) is 9.53. The summed E-state index contributed by atoms with van der Waals surface area (Å²) >= 11 is 0. The number of anilines is 1. The van der Waals surface area contributed by atoms with Crippen LogP contribution in [0.25, 0.3) is 10.8 Å². The maximum absolute atomic E-state index is 9.60. The lowest BCUT2D eigenvalue weighted by Crippen LogP contribution is -2.26. The number of phenolic OH excluding ortho intramolecular Hbond substituents is 1. The summed E-state index contributed by atoms with van der Waals surface area (Å²) in [5, 5.41) is 14.8. The van der Waals surface area contributed by atoms with Gasteiger partial charge in [0.1, 0.15) is 17.7 Å². The number of aromatic hydroxyl groups is 1. The second kappa shape index (κ2) is 4.92. The Kier molecular flexibility index (Phi) is 3.23. The fourth-order valence-corrected chi connectivity index (χ4v) is 2.37. The summed E-state index contributed by atoms with van der Waals surface area (Å²) in [6.07, 6.45) is 1.75. The van der Waals surface area contributed by atoms with Crippen LogP contribution in [-0.4, -0.2) is 35.1 Å². The number of rotatable bonds is 3. The first-order valence-corrected chi connectivity index (χ1v) is 6.67. The van der Waals surface area contributed by atoms with Gasteiger partial charge in [-0.2, -0.15) is 0 Å². The number of fused-ring (bicyclic) bond motifs is 1. The van der Waals surface area contributed by atoms with Crippen LogP contribution in [0.2, 0.25) is 0 Å². The van der Waals surface area contributed by atoms with E-state index in [-0.39, 0.29) is 11.9 Å². The fourth-order valence-electron chi connectivity index (χ4n) is 2.37. The van der Waals surface area contributed by atoms with Crippen molar-refractivity contribution < 1.29 is 14.6 Å². The van der Waals surface area contributed by atoms with E-state index < -0.39 is 5.79 Å². The third-order valence-corrected chi connectivity index (χ3v) is 3.31. The first-order valence-electron chi connectivity index (χ1n) is 6.67. The molecule has 2 aromatic rings. The molecule has 1 aliphatic heterocycles. The van der Waals surface area contributed by atoms with Crippen LogP contribution in [0.15, 0.2) is 30.5 Å². The van der Waals surface area contributed by atoms with Crippen molar-refractivity contribution in [3.05, 3.63) is 30.5 Å². The van der Waals surface area contributed by atoms with Crippen molar-refractivity contribution in [3.8, 4) is 5.75 Å². The summed E-state index contributed by atoms with van der Waals surface area (Å²) in [6.45, 7) is 4.99. The molecule has 0 saturated carbocycles. The van der Waals surface area contributed by atoms with Crippen molar-refractivity contribution in [3.63, 3.8) is 0 Å². The molecular weight excluding hydrogens is 256 g/mol. The molecule has 5 nitrogen and oxygen atoms in total. The number of nitrogens with one attached hydrogen (secondary N) is 1. The summed E-state index contributed by atoms with van der Waals surface area (Å²) in [5.74, 6) is 0.457. The van der Waals surface area contributed by atoms with Gasteiger partial charge in [0, 0.05) is 18.1 Å². The lowest BCUT2D eigenvalue weighted by atomic mass is 10.1. The normalized spacial score (nSPS) is 21.2. The monoisotopic (exact) mass is 274 g/mol. The van der Waals surface area contributed by atoms with Crippen LogP contribution in [0.4, 0.5) is 5.82 Å². The third-order valence-electron chi connectivity index (χ3n) is 3.31. The predicted molar refractivity (Wildman–Crippen MR) is 76.8 cm³/mol. The van der Waals surface area contributed by atoms with Crippen molar-refractivity contribution in [1.29, 1.82) is 0 Å². The molecule has 2 heterocycles. The molecule has 0 radical (unpaired) electrons. The molecule has 1 aliphatic rings. The zero-order chi connectivity index (χ0) is 14.2. The number of hydrogen-bond donors (Lipinski definition) is 2. The second-order valence-electron chi connectivity index (χ2n) is 5.40. The standard InChI is InChI=1S/C15H18N2O3/c1-15(2)19-9-12(20-15)8-17-14-13-7-11(18)4-3-10(13)5-6-16-14/h3-7,12,18H,8-9H2,1-2H3,(H,16,17). The topological polar surface area (TPSA) is 63.6 Å². The molecule has 5 heteroatoms. The molecule has 0 aliphatic carbocycles. The molecule has 0 bridgehead atoms. The maximum Gasteiger partial charge on any atom is 0.163 e. The molecule has 106 valence electrons. The zero-order valence-electron chi connectivity index (χ0n) is 11.6. The number of phenols is 1. The number of benzene rings is 1. The van der Waals surface area contributed by atoms with E-state index in [9.17, 15) is 5.11 Å². The van der Waals surface area contributed by atoms with Gasteiger partial charge in [-0.3, -0.25) is 0 Å². The smallest absolute Gasteiger partial charge is 0.163 e. The number of hydrogen-bond acceptors (Lipinski definition) is 5. The van der Waals surface area contributed by atoms with Gasteiger partial charge in [-0.15, -0.1) is 0 Å². The van der Waals surface area contributed by atoms with Gasteiger partial charge < -0.3 is 19.9 Å². The summed E-state index contributed by atoms with van der Waals surface area (Å²) in [6, 6.07) is 7.16. The molecule has 1 aromatic carbocycles. The Labute approximate surface area is 117 Å². The van der Waals surface area contributed by atoms with E-state index in [1.807, 2.05) is 26.0 Å². The van der Waals surface area contributed by atoms with Crippen LogP contribution >= 0.6 is 0 Å². The minimum atomic E-state index is -0.517. The highest BCUT2D eigenvalue weighted by Gasteiger charge is 2.32. The molecule has 2 N–H and O–H groups in total. The molecule has 0 amide bonds. The van der Waals surface area contributed by atoms with E-state index in [4.69, 9.17) is 9.47 Å². The van der Waals surface area contributed by atoms with E-state index in [0.29, 0.717) is 13.2 Å². The summed E-state index contributed by atoms with van der Waals surface area (Å²) in [7, 11) is 0. The Hall–Kier alpha value is -1.85. The van der Waals surface area contributed by atoms with Crippen molar-refractivity contribution in [1.82, 2.24) is 4.98 Å². The molecule has 1 fully saturated rings. The van der Waals surface area contributed by atoms with E-state index in [1.165, 1.54) is 0 Å². The Morgan fingerprint density at radius 1 is 1.40 bits per heavy atom. The predicted octanol–water partition coefficient (Wildman–Crippen LogP) is 2.50. The molecule has 1 saturated heterocycles. The highest BCUT2D eigenvalue weighted by atomic mass is 16.7. The highest BCUT2D eigenvalue weighted by Crippen LogP contribution is 2.26. The van der Waals surface area contributed by atoms with Crippen LogP contribution in [0, 0.1) is 0 Å². The van der Waals surface area contributed by atoms with E-state index in [0.717, 1.165) is 16.6 Å². The average Bonchev–Trinajstić information content (AvgIpc) is 2.76. The van der Waals surface area contributed by atoms with E-state index in [1.54, 1.807) is 18.3 Å². The van der Waals surface area contributed by atoms with Gasteiger partial charge in [0.2, 0.25) is 0 Å². The van der Waals surface area contributed by atoms with Crippen LogP contribution in [0.5, 0.6) is 5.75 Å². The van der Waals surface area contributed by atoms with Crippen LogP contribution in [0.3, 0.4) is 0 Å². The van der Waals surface area contributed by atoms with Crippen molar-refractivity contribution in [2.75, 3.05) is 18.5 Å². The highest BCUT2D eigenvalue weighted by molar-refractivity contribution is 5.92. The van der Waals surface area contributed by atoms with Gasteiger partial charge >= 0.3 is 0 Å². The lowest BCUT2D eigenvalue weighted by Gasteiger charge is -2.17. The number of aromatic nitrogens is 1. The van der Waals surface area contributed by atoms with Gasteiger partial charge in [0.15, 0.2) is 5.79 Å². The zero-order valence-corrected chi connectivity index (χ0v) is 11.6. The van der Waals surface area contributed by atoms with E-state index >= 15 is 0 Å². The largest absolute Gasteiger partial charge is 0.508 e. The van der Waals surface area contributed by atoms with Gasteiger partial charge in [0.05, 0.1) is 6.61 Å². The van der Waals surface area contributed by atoms with Crippen LogP contribution < -0.4 is 5.32 Å². The van der Waals surface area contributed by atoms with Crippen molar-refractivity contribution >= 4 is 16.6 Å². The number of nitrogens with zero attached hydrogens (tertiary/aromatic N) is 1. The summed E-state index contributed by atoms with van der Waals surface area (Å²) < 4.78 is 11.3.